The molecule has 5 nitrogen and oxygen atoms in total. The molecule has 1 heterocycles. The van der Waals surface area contributed by atoms with Crippen molar-refractivity contribution in [2.75, 3.05) is 14.2 Å². The number of benzene rings is 1. The van der Waals surface area contributed by atoms with Gasteiger partial charge in [-0.3, -0.25) is 4.98 Å². The summed E-state index contributed by atoms with van der Waals surface area (Å²) in [4.78, 5) is 15.0. The lowest BCUT2D eigenvalue weighted by Crippen LogP contribution is -2.00. The Labute approximate surface area is 120 Å². The summed E-state index contributed by atoms with van der Waals surface area (Å²) in [7, 11) is 3.06. The van der Waals surface area contributed by atoms with Gasteiger partial charge >= 0.3 is 5.97 Å². The number of ether oxygens (including phenoxy) is 2. The van der Waals surface area contributed by atoms with Crippen molar-refractivity contribution in [1.29, 1.82) is 0 Å². The molecule has 0 bridgehead atoms. The van der Waals surface area contributed by atoms with E-state index in [2.05, 4.69) is 4.98 Å². The minimum Gasteiger partial charge on any atom is -0.493 e. The van der Waals surface area contributed by atoms with Gasteiger partial charge in [-0.05, 0) is 17.7 Å². The van der Waals surface area contributed by atoms with E-state index in [0.29, 0.717) is 22.6 Å². The Bertz CT molecular complexity index is 658. The van der Waals surface area contributed by atoms with Gasteiger partial charge in [0.05, 0.1) is 24.8 Å². The standard InChI is InChI=1S/C14H12ClNO4/c1-19-11-4-3-8(5-12(11)20-2)9-6-16-7-10(13(9)15)14(17)18/h3-7H,1-2H3,(H,17,18). The highest BCUT2D eigenvalue weighted by Crippen LogP contribution is 2.35. The maximum absolute atomic E-state index is 11.1. The third-order valence-corrected chi connectivity index (χ3v) is 3.21. The van der Waals surface area contributed by atoms with E-state index in [1.54, 1.807) is 18.2 Å². The smallest absolute Gasteiger partial charge is 0.338 e. The van der Waals surface area contributed by atoms with Crippen molar-refractivity contribution in [2.45, 2.75) is 0 Å². The first kappa shape index (κ1) is 14.1. The van der Waals surface area contributed by atoms with Crippen molar-refractivity contribution in [3.05, 3.63) is 41.2 Å². The fourth-order valence-electron chi connectivity index (χ4n) is 1.80. The Balaban J connectivity index is 2.57. The molecule has 0 atom stereocenters. The number of nitrogens with zero attached hydrogens (tertiary/aromatic N) is 1. The van der Waals surface area contributed by atoms with Gasteiger partial charge in [-0.15, -0.1) is 0 Å². The maximum Gasteiger partial charge on any atom is 0.338 e. The quantitative estimate of drug-likeness (QED) is 0.938. The van der Waals surface area contributed by atoms with Crippen LogP contribution in [0.25, 0.3) is 11.1 Å². The van der Waals surface area contributed by atoms with Crippen molar-refractivity contribution in [1.82, 2.24) is 4.98 Å². The second-order valence-electron chi connectivity index (χ2n) is 3.92. The highest BCUT2D eigenvalue weighted by Gasteiger charge is 2.15. The highest BCUT2D eigenvalue weighted by molar-refractivity contribution is 6.36. The van der Waals surface area contributed by atoms with Gasteiger partial charge in [0.1, 0.15) is 0 Å². The lowest BCUT2D eigenvalue weighted by atomic mass is 10.1. The minimum absolute atomic E-state index is 0.0426. The molecule has 1 aromatic heterocycles. The molecule has 2 rings (SSSR count). The lowest BCUT2D eigenvalue weighted by molar-refractivity contribution is 0.0696. The Morgan fingerprint density at radius 3 is 2.50 bits per heavy atom. The summed E-state index contributed by atoms with van der Waals surface area (Å²) < 4.78 is 10.4. The van der Waals surface area contributed by atoms with Crippen LogP contribution in [0.2, 0.25) is 5.02 Å². The number of rotatable bonds is 4. The van der Waals surface area contributed by atoms with Crippen LogP contribution >= 0.6 is 11.6 Å². The molecule has 1 N–H and O–H groups in total. The second-order valence-corrected chi connectivity index (χ2v) is 4.30. The van der Waals surface area contributed by atoms with E-state index < -0.39 is 5.97 Å². The van der Waals surface area contributed by atoms with Crippen LogP contribution in [-0.2, 0) is 0 Å². The van der Waals surface area contributed by atoms with Gasteiger partial charge in [0.15, 0.2) is 11.5 Å². The van der Waals surface area contributed by atoms with Gasteiger partial charge in [0, 0.05) is 18.0 Å². The van der Waals surface area contributed by atoms with Crippen molar-refractivity contribution < 1.29 is 19.4 Å². The van der Waals surface area contributed by atoms with E-state index in [9.17, 15) is 4.79 Å². The average Bonchev–Trinajstić information content (AvgIpc) is 2.46. The number of aromatic carboxylic acids is 1. The summed E-state index contributed by atoms with van der Waals surface area (Å²) in [6.45, 7) is 0. The largest absolute Gasteiger partial charge is 0.493 e. The van der Waals surface area contributed by atoms with Crippen LogP contribution in [0.5, 0.6) is 11.5 Å². The summed E-state index contributed by atoms with van der Waals surface area (Å²) in [6.07, 6.45) is 2.73. The van der Waals surface area contributed by atoms with Gasteiger partial charge in [-0.2, -0.15) is 0 Å². The van der Waals surface area contributed by atoms with Gasteiger partial charge in [-0.25, -0.2) is 4.79 Å². The number of carboxylic acids is 1. The minimum atomic E-state index is -1.12. The van der Waals surface area contributed by atoms with Crippen LogP contribution in [0.4, 0.5) is 0 Å². The zero-order chi connectivity index (χ0) is 14.7. The van der Waals surface area contributed by atoms with E-state index in [-0.39, 0.29) is 10.6 Å². The van der Waals surface area contributed by atoms with Gasteiger partial charge < -0.3 is 14.6 Å². The maximum atomic E-state index is 11.1. The zero-order valence-corrected chi connectivity index (χ0v) is 11.6. The van der Waals surface area contributed by atoms with E-state index in [0.717, 1.165) is 0 Å². The molecule has 0 aliphatic heterocycles. The molecule has 0 unspecified atom stereocenters. The number of hydrogen-bond acceptors (Lipinski definition) is 4. The Morgan fingerprint density at radius 1 is 1.20 bits per heavy atom. The van der Waals surface area contributed by atoms with Crippen LogP contribution in [0.3, 0.4) is 0 Å². The third kappa shape index (κ3) is 2.53. The van der Waals surface area contributed by atoms with Crippen LogP contribution in [0, 0.1) is 0 Å². The van der Waals surface area contributed by atoms with Crippen LogP contribution in [-0.4, -0.2) is 30.3 Å². The Kier molecular flexibility index (Phi) is 4.10. The van der Waals surface area contributed by atoms with Gasteiger partial charge in [-0.1, -0.05) is 17.7 Å². The highest BCUT2D eigenvalue weighted by atomic mass is 35.5. The van der Waals surface area contributed by atoms with Crippen molar-refractivity contribution in [3.8, 4) is 22.6 Å². The molecule has 0 amide bonds. The van der Waals surface area contributed by atoms with Crippen molar-refractivity contribution in [3.63, 3.8) is 0 Å². The fraction of sp³-hybridized carbons (Fsp3) is 0.143. The van der Waals surface area contributed by atoms with E-state index >= 15 is 0 Å². The molecule has 0 aliphatic rings. The van der Waals surface area contributed by atoms with Crippen LogP contribution in [0.15, 0.2) is 30.6 Å². The van der Waals surface area contributed by atoms with Crippen molar-refractivity contribution >= 4 is 17.6 Å². The number of halogens is 1. The van der Waals surface area contributed by atoms with E-state index in [1.165, 1.54) is 26.6 Å². The molecule has 20 heavy (non-hydrogen) atoms. The predicted octanol–water partition coefficient (Wildman–Crippen LogP) is 3.12. The first-order valence-electron chi connectivity index (χ1n) is 5.67. The average molecular weight is 294 g/mol. The fourth-order valence-corrected chi connectivity index (χ4v) is 2.09. The summed E-state index contributed by atoms with van der Waals surface area (Å²) in [6, 6.07) is 5.20. The zero-order valence-electron chi connectivity index (χ0n) is 10.9. The van der Waals surface area contributed by atoms with Crippen LogP contribution < -0.4 is 9.47 Å². The molecule has 1 aromatic carbocycles. The molecule has 0 radical (unpaired) electrons. The Morgan fingerprint density at radius 2 is 1.90 bits per heavy atom. The molecule has 0 saturated heterocycles. The number of carbonyl (C=O) groups is 1. The lowest BCUT2D eigenvalue weighted by Gasteiger charge is -2.11. The molecule has 2 aromatic rings. The number of carboxylic acid groups (broad SMARTS) is 1. The first-order valence-corrected chi connectivity index (χ1v) is 6.05. The molecule has 6 heteroatoms. The number of hydrogen-bond donors (Lipinski definition) is 1. The first-order chi connectivity index (χ1) is 9.58. The molecule has 0 fully saturated rings. The molecule has 0 aliphatic carbocycles. The molecule has 0 spiro atoms. The summed E-state index contributed by atoms with van der Waals surface area (Å²) in [5, 5.41) is 9.19. The predicted molar refractivity (Wildman–Crippen MR) is 74.7 cm³/mol. The second kappa shape index (κ2) is 5.79. The van der Waals surface area contributed by atoms with Gasteiger partial charge in [0.25, 0.3) is 0 Å². The number of aromatic nitrogens is 1. The van der Waals surface area contributed by atoms with E-state index in [1.807, 2.05) is 0 Å². The van der Waals surface area contributed by atoms with Gasteiger partial charge in [0.2, 0.25) is 0 Å². The topological polar surface area (TPSA) is 68.7 Å². The monoisotopic (exact) mass is 293 g/mol. The third-order valence-electron chi connectivity index (χ3n) is 2.81. The Hall–Kier alpha value is -2.27. The normalized spacial score (nSPS) is 10.2. The number of methoxy groups -OCH3 is 2. The summed E-state index contributed by atoms with van der Waals surface area (Å²) >= 11 is 6.11. The molecule has 0 saturated carbocycles. The summed E-state index contributed by atoms with van der Waals surface area (Å²) in [5.74, 6) is -0.0126. The summed E-state index contributed by atoms with van der Waals surface area (Å²) in [5.41, 5.74) is 1.18. The van der Waals surface area contributed by atoms with E-state index in [4.69, 9.17) is 26.2 Å². The molecule has 104 valence electrons. The van der Waals surface area contributed by atoms with Crippen molar-refractivity contribution in [2.24, 2.45) is 0 Å². The number of pyridine rings is 1. The van der Waals surface area contributed by atoms with Crippen LogP contribution in [0.1, 0.15) is 10.4 Å². The molecular weight excluding hydrogens is 282 g/mol. The molecular formula is C14H12ClNO4. The SMILES string of the molecule is COc1ccc(-c2cncc(C(=O)O)c2Cl)cc1OC.